The van der Waals surface area contributed by atoms with Crippen LogP contribution in [0.4, 0.5) is 0 Å². The summed E-state index contributed by atoms with van der Waals surface area (Å²) in [7, 11) is 2.13. The molecule has 0 bridgehead atoms. The average Bonchev–Trinajstić information content (AvgIpc) is 3.28. The zero-order valence-corrected chi connectivity index (χ0v) is 12.3. The third-order valence-electron chi connectivity index (χ3n) is 3.72. The van der Waals surface area contributed by atoms with Gasteiger partial charge in [-0.1, -0.05) is 12.1 Å². The van der Waals surface area contributed by atoms with Gasteiger partial charge in [-0.3, -0.25) is 9.69 Å². The van der Waals surface area contributed by atoms with Crippen LogP contribution in [0.25, 0.3) is 0 Å². The quantitative estimate of drug-likeness (QED) is 0.813. The van der Waals surface area contributed by atoms with Gasteiger partial charge in [0.05, 0.1) is 0 Å². The van der Waals surface area contributed by atoms with Crippen LogP contribution in [-0.2, 0) is 5.88 Å². The lowest BCUT2D eigenvalue weighted by Gasteiger charge is -2.24. The third kappa shape index (κ3) is 3.95. The number of hydrogen-bond donors (Lipinski definition) is 1. The lowest BCUT2D eigenvalue weighted by molar-refractivity contribution is 0.0939. The van der Waals surface area contributed by atoms with Crippen molar-refractivity contribution in [1.29, 1.82) is 0 Å². The Balaban J connectivity index is 1.86. The monoisotopic (exact) mass is 280 g/mol. The number of likely N-dealkylation sites (N-methyl/N-ethyl adjacent to an activating group) is 1. The molecule has 0 heterocycles. The molecule has 1 aromatic carbocycles. The smallest absolute Gasteiger partial charge is 0.251 e. The van der Waals surface area contributed by atoms with Gasteiger partial charge < -0.3 is 5.32 Å². The second kappa shape index (κ2) is 6.40. The van der Waals surface area contributed by atoms with E-state index >= 15 is 0 Å². The summed E-state index contributed by atoms with van der Waals surface area (Å²) in [4.78, 5) is 14.4. The van der Waals surface area contributed by atoms with E-state index in [1.807, 2.05) is 24.3 Å². The molecule has 1 unspecified atom stereocenters. The molecule has 104 valence electrons. The first-order valence-electron chi connectivity index (χ1n) is 6.77. The summed E-state index contributed by atoms with van der Waals surface area (Å²) in [5, 5.41) is 2.99. The predicted octanol–water partition coefficient (Wildman–Crippen LogP) is 2.64. The number of rotatable bonds is 6. The van der Waals surface area contributed by atoms with Crippen LogP contribution in [0.2, 0.25) is 0 Å². The number of carbonyl (C=O) groups is 1. The lowest BCUT2D eigenvalue weighted by atomic mass is 10.1. The van der Waals surface area contributed by atoms with Crippen LogP contribution >= 0.6 is 11.6 Å². The van der Waals surface area contributed by atoms with E-state index in [1.165, 1.54) is 12.8 Å². The van der Waals surface area contributed by atoms with Gasteiger partial charge in [-0.25, -0.2) is 0 Å². The van der Waals surface area contributed by atoms with Crippen LogP contribution in [0.5, 0.6) is 0 Å². The van der Waals surface area contributed by atoms with E-state index in [2.05, 4.69) is 24.2 Å². The molecule has 0 spiro atoms. The number of carbonyl (C=O) groups excluding carboxylic acids is 1. The van der Waals surface area contributed by atoms with Crippen LogP contribution in [0.1, 0.15) is 35.7 Å². The molecule has 1 atom stereocenters. The van der Waals surface area contributed by atoms with Gasteiger partial charge >= 0.3 is 0 Å². The molecular formula is C15H21ClN2O. The Morgan fingerprint density at radius 2 is 2.26 bits per heavy atom. The molecule has 1 aliphatic rings. The zero-order valence-electron chi connectivity index (χ0n) is 11.5. The minimum atomic E-state index is -0.0250. The minimum Gasteiger partial charge on any atom is -0.350 e. The number of nitrogens with zero attached hydrogens (tertiary/aromatic N) is 1. The first-order valence-corrected chi connectivity index (χ1v) is 7.30. The normalized spacial score (nSPS) is 16.4. The Labute approximate surface area is 119 Å². The highest BCUT2D eigenvalue weighted by Crippen LogP contribution is 2.26. The molecule has 1 aliphatic carbocycles. The molecule has 1 fully saturated rings. The average molecular weight is 281 g/mol. The van der Waals surface area contributed by atoms with Crippen molar-refractivity contribution in [2.45, 2.75) is 37.7 Å². The molecule has 1 saturated carbocycles. The van der Waals surface area contributed by atoms with Crippen molar-refractivity contribution in [3.05, 3.63) is 35.4 Å². The van der Waals surface area contributed by atoms with E-state index in [-0.39, 0.29) is 5.91 Å². The second-order valence-corrected chi connectivity index (χ2v) is 5.56. The van der Waals surface area contributed by atoms with Gasteiger partial charge in [-0.2, -0.15) is 0 Å². The molecule has 3 nitrogen and oxygen atoms in total. The summed E-state index contributed by atoms with van der Waals surface area (Å²) in [5.74, 6) is 0.407. The van der Waals surface area contributed by atoms with Gasteiger partial charge in [-0.05, 0) is 44.5 Å². The largest absolute Gasteiger partial charge is 0.350 e. The highest BCUT2D eigenvalue weighted by atomic mass is 35.5. The molecule has 1 N–H and O–H groups in total. The predicted molar refractivity (Wildman–Crippen MR) is 78.6 cm³/mol. The maximum absolute atomic E-state index is 12.1. The number of nitrogens with one attached hydrogen (secondary N) is 1. The Morgan fingerprint density at radius 1 is 1.53 bits per heavy atom. The van der Waals surface area contributed by atoms with Crippen LogP contribution in [0.3, 0.4) is 0 Å². The zero-order chi connectivity index (χ0) is 13.8. The maximum atomic E-state index is 12.1. The van der Waals surface area contributed by atoms with Crippen LogP contribution in [0, 0.1) is 0 Å². The molecule has 4 heteroatoms. The summed E-state index contributed by atoms with van der Waals surface area (Å²) >= 11 is 5.78. The standard InChI is InChI=1S/C15H21ClN2O/c1-11(18(2)14-6-7-14)10-17-15(19)13-5-3-4-12(8-13)9-16/h3-5,8,11,14H,6-7,9-10H2,1-2H3,(H,17,19). The van der Waals surface area contributed by atoms with E-state index in [1.54, 1.807) is 0 Å². The van der Waals surface area contributed by atoms with E-state index in [9.17, 15) is 4.79 Å². The van der Waals surface area contributed by atoms with E-state index < -0.39 is 0 Å². The number of alkyl halides is 1. The van der Waals surface area contributed by atoms with Gasteiger partial charge in [0, 0.05) is 30.1 Å². The summed E-state index contributed by atoms with van der Waals surface area (Å²) in [6, 6.07) is 8.54. The third-order valence-corrected chi connectivity index (χ3v) is 4.03. The van der Waals surface area contributed by atoms with Crippen molar-refractivity contribution < 1.29 is 4.79 Å². The molecule has 1 amide bonds. The highest BCUT2D eigenvalue weighted by Gasteiger charge is 2.29. The number of halogens is 1. The van der Waals surface area contributed by atoms with Gasteiger partial charge in [0.25, 0.3) is 5.91 Å². The number of amides is 1. The summed E-state index contributed by atoms with van der Waals surface area (Å²) < 4.78 is 0. The van der Waals surface area contributed by atoms with Gasteiger partial charge in [0.2, 0.25) is 0 Å². The van der Waals surface area contributed by atoms with E-state index in [0.29, 0.717) is 30.1 Å². The van der Waals surface area contributed by atoms with E-state index in [4.69, 9.17) is 11.6 Å². The molecule has 2 rings (SSSR count). The molecule has 0 saturated heterocycles. The first kappa shape index (κ1) is 14.4. The summed E-state index contributed by atoms with van der Waals surface area (Å²) in [6.45, 7) is 2.82. The van der Waals surface area contributed by atoms with Crippen LogP contribution in [-0.4, -0.2) is 36.5 Å². The first-order chi connectivity index (χ1) is 9.11. The van der Waals surface area contributed by atoms with Crippen molar-refractivity contribution in [1.82, 2.24) is 10.2 Å². The van der Waals surface area contributed by atoms with Gasteiger partial charge in [-0.15, -0.1) is 11.6 Å². The van der Waals surface area contributed by atoms with Crippen molar-refractivity contribution >= 4 is 17.5 Å². The van der Waals surface area contributed by atoms with Crippen molar-refractivity contribution in [2.75, 3.05) is 13.6 Å². The van der Waals surface area contributed by atoms with E-state index in [0.717, 1.165) is 5.56 Å². The Kier molecular flexibility index (Phi) is 4.83. The van der Waals surface area contributed by atoms with Crippen molar-refractivity contribution in [2.24, 2.45) is 0 Å². The Bertz CT molecular complexity index is 446. The van der Waals surface area contributed by atoms with Crippen molar-refractivity contribution in [3.8, 4) is 0 Å². The summed E-state index contributed by atoms with van der Waals surface area (Å²) in [5.41, 5.74) is 1.65. The number of hydrogen-bond acceptors (Lipinski definition) is 2. The molecule has 19 heavy (non-hydrogen) atoms. The second-order valence-electron chi connectivity index (χ2n) is 5.29. The summed E-state index contributed by atoms with van der Waals surface area (Å²) in [6.07, 6.45) is 2.57. The SMILES string of the molecule is CC(CNC(=O)c1cccc(CCl)c1)N(C)C1CC1. The highest BCUT2D eigenvalue weighted by molar-refractivity contribution is 6.17. The fourth-order valence-corrected chi connectivity index (χ4v) is 2.29. The molecule has 0 aromatic heterocycles. The topological polar surface area (TPSA) is 32.3 Å². The molecule has 1 aromatic rings. The fraction of sp³-hybridized carbons (Fsp3) is 0.533. The lowest BCUT2D eigenvalue weighted by Crippen LogP contribution is -2.41. The minimum absolute atomic E-state index is 0.0250. The number of benzene rings is 1. The Morgan fingerprint density at radius 3 is 2.89 bits per heavy atom. The maximum Gasteiger partial charge on any atom is 0.251 e. The van der Waals surface area contributed by atoms with Crippen molar-refractivity contribution in [3.63, 3.8) is 0 Å². The molecular weight excluding hydrogens is 260 g/mol. The fourth-order valence-electron chi connectivity index (χ4n) is 2.12. The Hall–Kier alpha value is -1.06. The van der Waals surface area contributed by atoms with Crippen LogP contribution in [0.15, 0.2) is 24.3 Å². The van der Waals surface area contributed by atoms with Gasteiger partial charge in [0.15, 0.2) is 0 Å². The van der Waals surface area contributed by atoms with Crippen LogP contribution < -0.4 is 5.32 Å². The van der Waals surface area contributed by atoms with Gasteiger partial charge in [0.1, 0.15) is 0 Å². The molecule has 0 aliphatic heterocycles. The molecule has 0 radical (unpaired) electrons.